The van der Waals surface area contributed by atoms with Gasteiger partial charge in [-0.3, -0.25) is 4.79 Å². The normalized spacial score (nSPS) is 18.8. The molecular weight excluding hydrogens is 274 g/mol. The van der Waals surface area contributed by atoms with Gasteiger partial charge in [-0.1, -0.05) is 25.1 Å². The number of hydrogen-bond donors (Lipinski definition) is 0. The summed E-state index contributed by atoms with van der Waals surface area (Å²) in [4.78, 5) is 14.1. The molecule has 0 bridgehead atoms. The Labute approximate surface area is 131 Å². The number of benzene rings is 1. The fraction of sp³-hybridized carbons (Fsp3) is 0.333. The monoisotopic (exact) mass is 295 g/mol. The van der Waals surface area contributed by atoms with Crippen molar-refractivity contribution in [3.05, 3.63) is 54.4 Å². The average Bonchev–Trinajstić information content (AvgIpc) is 3.02. The standard InChI is InChI=1S/C18H21N3O/c1-15-6-5-11-20(13-15)18(22)10-9-16-12-19-21(14-16)17-7-3-2-4-8-17/h2-4,7-10,12,14-15H,5-6,11,13H2,1H3. The second-order valence-corrected chi connectivity index (χ2v) is 5.92. The molecule has 1 amide bonds. The zero-order chi connectivity index (χ0) is 15.4. The Kier molecular flexibility index (Phi) is 4.37. The highest BCUT2D eigenvalue weighted by atomic mass is 16.2. The number of para-hydroxylation sites is 1. The summed E-state index contributed by atoms with van der Waals surface area (Å²) >= 11 is 0. The van der Waals surface area contributed by atoms with Gasteiger partial charge in [-0.25, -0.2) is 4.68 Å². The number of amides is 1. The largest absolute Gasteiger partial charge is 0.339 e. The highest BCUT2D eigenvalue weighted by Gasteiger charge is 2.18. The van der Waals surface area contributed by atoms with Gasteiger partial charge in [0, 0.05) is 30.9 Å². The van der Waals surface area contributed by atoms with E-state index in [1.807, 2.05) is 52.2 Å². The molecule has 4 nitrogen and oxygen atoms in total. The smallest absolute Gasteiger partial charge is 0.246 e. The van der Waals surface area contributed by atoms with Crippen molar-refractivity contribution in [1.82, 2.24) is 14.7 Å². The van der Waals surface area contributed by atoms with Crippen LogP contribution in [0.5, 0.6) is 0 Å². The van der Waals surface area contributed by atoms with Crippen LogP contribution in [-0.2, 0) is 4.79 Å². The first-order valence-electron chi connectivity index (χ1n) is 7.79. The summed E-state index contributed by atoms with van der Waals surface area (Å²) in [7, 11) is 0. The lowest BCUT2D eigenvalue weighted by Crippen LogP contribution is -2.38. The number of aromatic nitrogens is 2. The summed E-state index contributed by atoms with van der Waals surface area (Å²) in [6, 6.07) is 9.94. The molecule has 4 heteroatoms. The van der Waals surface area contributed by atoms with Gasteiger partial charge >= 0.3 is 0 Å². The summed E-state index contributed by atoms with van der Waals surface area (Å²) < 4.78 is 1.81. The third-order valence-electron chi connectivity index (χ3n) is 4.01. The molecule has 0 spiro atoms. The van der Waals surface area contributed by atoms with Gasteiger partial charge in [-0.15, -0.1) is 0 Å². The molecule has 2 heterocycles. The first-order chi connectivity index (χ1) is 10.7. The van der Waals surface area contributed by atoms with Crippen LogP contribution in [0.15, 0.2) is 48.8 Å². The first kappa shape index (κ1) is 14.6. The molecule has 1 aliphatic rings. The van der Waals surface area contributed by atoms with E-state index in [0.717, 1.165) is 30.8 Å². The van der Waals surface area contributed by atoms with Crippen LogP contribution in [0.25, 0.3) is 11.8 Å². The van der Waals surface area contributed by atoms with Crippen LogP contribution in [0.3, 0.4) is 0 Å². The predicted octanol–water partition coefficient (Wildman–Crippen LogP) is 3.14. The van der Waals surface area contributed by atoms with E-state index in [2.05, 4.69) is 12.0 Å². The molecule has 1 unspecified atom stereocenters. The van der Waals surface area contributed by atoms with Gasteiger partial charge in [0.25, 0.3) is 0 Å². The van der Waals surface area contributed by atoms with E-state index in [-0.39, 0.29) is 5.91 Å². The van der Waals surface area contributed by atoms with Crippen LogP contribution in [-0.4, -0.2) is 33.7 Å². The second kappa shape index (κ2) is 6.60. The van der Waals surface area contributed by atoms with Gasteiger partial charge in [0.05, 0.1) is 11.9 Å². The molecular formula is C18H21N3O. The summed E-state index contributed by atoms with van der Waals surface area (Å²) in [5.74, 6) is 0.700. The number of hydrogen-bond acceptors (Lipinski definition) is 2. The fourth-order valence-electron chi connectivity index (χ4n) is 2.81. The lowest BCUT2D eigenvalue weighted by atomic mass is 10.0. The van der Waals surface area contributed by atoms with Crippen LogP contribution < -0.4 is 0 Å². The molecule has 1 fully saturated rings. The average molecular weight is 295 g/mol. The molecule has 1 aromatic heterocycles. The maximum Gasteiger partial charge on any atom is 0.246 e. The molecule has 22 heavy (non-hydrogen) atoms. The molecule has 1 atom stereocenters. The summed E-state index contributed by atoms with van der Waals surface area (Å²) in [5, 5.41) is 4.33. The van der Waals surface area contributed by atoms with E-state index in [1.165, 1.54) is 6.42 Å². The topological polar surface area (TPSA) is 38.1 Å². The lowest BCUT2D eigenvalue weighted by Gasteiger charge is -2.30. The van der Waals surface area contributed by atoms with Gasteiger partial charge in [0.1, 0.15) is 0 Å². The third-order valence-corrected chi connectivity index (χ3v) is 4.01. The maximum atomic E-state index is 12.2. The van der Waals surface area contributed by atoms with E-state index in [4.69, 9.17) is 0 Å². The van der Waals surface area contributed by atoms with Gasteiger partial charge in [0.2, 0.25) is 5.91 Å². The molecule has 3 rings (SSSR count). The number of carbonyl (C=O) groups is 1. The van der Waals surface area contributed by atoms with E-state index in [9.17, 15) is 4.79 Å². The van der Waals surface area contributed by atoms with Crippen molar-refractivity contribution < 1.29 is 4.79 Å². The summed E-state index contributed by atoms with van der Waals surface area (Å²) in [6.45, 7) is 3.94. The SMILES string of the molecule is CC1CCCN(C(=O)C=Cc2cnn(-c3ccccc3)c2)C1. The van der Waals surface area contributed by atoms with Crippen molar-refractivity contribution >= 4 is 12.0 Å². The molecule has 0 radical (unpaired) electrons. The molecule has 114 valence electrons. The van der Waals surface area contributed by atoms with E-state index in [1.54, 1.807) is 12.3 Å². The number of piperidine rings is 1. The molecule has 1 aliphatic heterocycles. The number of nitrogens with zero attached hydrogens (tertiary/aromatic N) is 3. The number of rotatable bonds is 3. The van der Waals surface area contributed by atoms with Crippen LogP contribution in [0.2, 0.25) is 0 Å². The molecule has 0 N–H and O–H groups in total. The van der Waals surface area contributed by atoms with Crippen molar-refractivity contribution in [2.24, 2.45) is 5.92 Å². The van der Waals surface area contributed by atoms with Crippen LogP contribution in [0.4, 0.5) is 0 Å². The minimum Gasteiger partial charge on any atom is -0.339 e. The van der Waals surface area contributed by atoms with Gasteiger partial charge in [0.15, 0.2) is 0 Å². The van der Waals surface area contributed by atoms with Gasteiger partial charge < -0.3 is 4.90 Å². The van der Waals surface area contributed by atoms with E-state index in [0.29, 0.717) is 5.92 Å². The Morgan fingerprint density at radius 3 is 2.91 bits per heavy atom. The molecule has 1 aromatic carbocycles. The highest BCUT2D eigenvalue weighted by molar-refractivity contribution is 5.91. The third kappa shape index (κ3) is 3.45. The lowest BCUT2D eigenvalue weighted by molar-refractivity contribution is -0.127. The van der Waals surface area contributed by atoms with Crippen LogP contribution >= 0.6 is 0 Å². The maximum absolute atomic E-state index is 12.2. The Balaban J connectivity index is 1.66. The first-order valence-corrected chi connectivity index (χ1v) is 7.79. The molecule has 1 saturated heterocycles. The van der Waals surface area contributed by atoms with Crippen LogP contribution in [0, 0.1) is 5.92 Å². The predicted molar refractivity (Wildman–Crippen MR) is 87.6 cm³/mol. The Bertz CT molecular complexity index is 660. The molecule has 0 saturated carbocycles. The number of carbonyl (C=O) groups excluding carboxylic acids is 1. The quantitative estimate of drug-likeness (QED) is 0.816. The van der Waals surface area contributed by atoms with E-state index < -0.39 is 0 Å². The minimum atomic E-state index is 0.0963. The van der Waals surface area contributed by atoms with Gasteiger partial charge in [-0.2, -0.15) is 5.10 Å². The number of likely N-dealkylation sites (tertiary alicyclic amines) is 1. The zero-order valence-electron chi connectivity index (χ0n) is 12.9. The van der Waals surface area contributed by atoms with Crippen molar-refractivity contribution in [2.75, 3.05) is 13.1 Å². The fourth-order valence-corrected chi connectivity index (χ4v) is 2.81. The minimum absolute atomic E-state index is 0.0963. The highest BCUT2D eigenvalue weighted by Crippen LogP contribution is 2.16. The van der Waals surface area contributed by atoms with Crippen molar-refractivity contribution in [3.63, 3.8) is 0 Å². The molecule has 2 aromatic rings. The Hall–Kier alpha value is -2.36. The van der Waals surface area contributed by atoms with Gasteiger partial charge in [-0.05, 0) is 37.0 Å². The van der Waals surface area contributed by atoms with Crippen molar-refractivity contribution in [1.29, 1.82) is 0 Å². The second-order valence-electron chi connectivity index (χ2n) is 5.92. The summed E-state index contributed by atoms with van der Waals surface area (Å²) in [5.41, 5.74) is 1.94. The van der Waals surface area contributed by atoms with E-state index >= 15 is 0 Å². The van der Waals surface area contributed by atoms with Crippen LogP contribution in [0.1, 0.15) is 25.3 Å². The zero-order valence-corrected chi connectivity index (χ0v) is 12.9. The Morgan fingerprint density at radius 2 is 2.14 bits per heavy atom. The Morgan fingerprint density at radius 1 is 1.32 bits per heavy atom. The summed E-state index contributed by atoms with van der Waals surface area (Å²) in [6.07, 6.45) is 9.52. The van der Waals surface area contributed by atoms with Crippen molar-refractivity contribution in [3.8, 4) is 5.69 Å². The molecule has 0 aliphatic carbocycles. The van der Waals surface area contributed by atoms with Crippen molar-refractivity contribution in [2.45, 2.75) is 19.8 Å².